The van der Waals surface area contributed by atoms with E-state index in [1.807, 2.05) is 55.6 Å². The van der Waals surface area contributed by atoms with Gasteiger partial charge < -0.3 is 10.1 Å². The van der Waals surface area contributed by atoms with E-state index in [4.69, 9.17) is 0 Å². The van der Waals surface area contributed by atoms with Crippen molar-refractivity contribution in [2.24, 2.45) is 4.99 Å². The first-order valence-electron chi connectivity index (χ1n) is 21.2. The zero-order chi connectivity index (χ0) is 42.3. The van der Waals surface area contributed by atoms with Crippen molar-refractivity contribution in [1.82, 2.24) is 4.98 Å². The van der Waals surface area contributed by atoms with Crippen LogP contribution in [0.3, 0.4) is 0 Å². The molecule has 0 bridgehead atoms. The number of aromatic nitrogens is 1. The SMILES string of the molecule is C=C=C=C=C=C=C=CC1(CCCCCCCC)c2cc(C)ccc2-c2ccc(C)cc21.CCCCCCN=Cc1cc(C)cc(C)c1O.[HH].[HH].[HH].[HH].[HH].[HH].[HH].[HH].[Ir].[c-]1ccsc1-c1ccccn1. The second-order valence-electron chi connectivity index (χ2n) is 15.3. The number of nitrogens with zero attached hydrogens (tertiary/aromatic N) is 2. The number of aromatic hydroxyl groups is 1. The van der Waals surface area contributed by atoms with E-state index < -0.39 is 0 Å². The second kappa shape index (κ2) is 27.0. The van der Waals surface area contributed by atoms with Crippen molar-refractivity contribution < 1.29 is 36.6 Å². The van der Waals surface area contributed by atoms with Crippen LogP contribution in [0.15, 0.2) is 136 Å². The van der Waals surface area contributed by atoms with Crippen LogP contribution in [0.25, 0.3) is 21.7 Å². The zero-order valence-electron chi connectivity index (χ0n) is 36.5. The van der Waals surface area contributed by atoms with E-state index in [0.717, 1.165) is 46.6 Å². The van der Waals surface area contributed by atoms with Crippen molar-refractivity contribution in [2.75, 3.05) is 6.54 Å². The molecule has 1 N–H and O–H groups in total. The summed E-state index contributed by atoms with van der Waals surface area (Å²) in [6, 6.07) is 28.6. The summed E-state index contributed by atoms with van der Waals surface area (Å²) in [6.45, 7) is 17.1. The molecule has 329 valence electrons. The molecule has 2 heterocycles. The standard InChI is InChI=1S/C31H32.C15H23NO.C9H6NS.Ir.8H2/c1-5-7-9-11-13-15-21-31(22-16-14-12-10-8-6-2)29-23-25(3)17-19-27(29)28-20-18-26(4)24-30(28)31;1-4-5-6-7-8-16-11-14-10-12(2)9-13(3)15(14)17;1-2-6-10-8(4-1)9-5-3-7-11-9;;;;;;;;;/h17-21,23-24H,1,6,8,10,12,14,16,22H2,2-4H3;9-11,17H,4-8H2,1-3H3;1-4,6-7H;;8*1H/q;;-1;;;;;;;;;. The number of phenolic OH excluding ortho intramolecular Hbond substituents is 1. The first-order valence-corrected chi connectivity index (χ1v) is 22.1. The minimum Gasteiger partial charge on any atom is -0.507 e. The van der Waals surface area contributed by atoms with E-state index in [1.54, 1.807) is 23.7 Å². The van der Waals surface area contributed by atoms with Gasteiger partial charge in [0.05, 0.1) is 0 Å². The number of pyridine rings is 1. The van der Waals surface area contributed by atoms with Gasteiger partial charge in [0.2, 0.25) is 0 Å². The summed E-state index contributed by atoms with van der Waals surface area (Å²) in [5.41, 5.74) is 28.8. The first kappa shape index (κ1) is 49.4. The number of unbranched alkanes of at least 4 members (excludes halogenated alkanes) is 8. The molecule has 3 nitrogen and oxygen atoms in total. The summed E-state index contributed by atoms with van der Waals surface area (Å²) >= 11 is 1.66. The number of rotatable bonds is 15. The van der Waals surface area contributed by atoms with E-state index in [1.165, 1.54) is 91.2 Å². The molecule has 3 aromatic carbocycles. The summed E-state index contributed by atoms with van der Waals surface area (Å²) < 4.78 is 0. The van der Waals surface area contributed by atoms with Crippen molar-refractivity contribution >= 4 is 17.6 Å². The Balaban J connectivity index is -0.000000223. The number of thiophene rings is 1. The van der Waals surface area contributed by atoms with E-state index >= 15 is 0 Å². The molecule has 5 aromatic rings. The van der Waals surface area contributed by atoms with Crippen LogP contribution in [-0.2, 0) is 25.5 Å². The van der Waals surface area contributed by atoms with Crippen LogP contribution >= 0.6 is 11.3 Å². The van der Waals surface area contributed by atoms with Gasteiger partial charge in [-0.05, 0) is 127 Å². The monoisotopic (exact) mass is 1010 g/mol. The molecule has 0 atom stereocenters. The molecule has 0 saturated heterocycles. The predicted molar refractivity (Wildman–Crippen MR) is 269 cm³/mol. The second-order valence-corrected chi connectivity index (χ2v) is 16.2. The molecule has 0 fully saturated rings. The molecule has 0 spiro atoms. The maximum Gasteiger partial charge on any atom is 0.127 e. The Morgan fingerprint density at radius 2 is 1.43 bits per heavy atom. The Morgan fingerprint density at radius 1 is 0.783 bits per heavy atom. The normalized spacial score (nSPS) is 11.3. The Hall–Kier alpha value is -4.95. The van der Waals surface area contributed by atoms with Crippen molar-refractivity contribution in [3.63, 3.8) is 0 Å². The van der Waals surface area contributed by atoms with Crippen LogP contribution in [0, 0.1) is 33.8 Å². The molecular formula is C55H77IrN2OS-. The van der Waals surface area contributed by atoms with Crippen LogP contribution in [0.5, 0.6) is 5.75 Å². The number of allylic oxidation sites excluding steroid dienone is 1. The van der Waals surface area contributed by atoms with Gasteiger partial charge in [-0.1, -0.05) is 154 Å². The summed E-state index contributed by atoms with van der Waals surface area (Å²) in [5.74, 6) is 0.355. The summed E-state index contributed by atoms with van der Waals surface area (Å²) in [5, 5.41) is 11.9. The molecule has 60 heavy (non-hydrogen) atoms. The summed E-state index contributed by atoms with van der Waals surface area (Å²) in [6.07, 6.45) is 19.5. The van der Waals surface area contributed by atoms with Gasteiger partial charge in [-0.25, -0.2) is 11.3 Å². The minimum absolute atomic E-state index is 0. The average molecular weight is 1010 g/mol. The van der Waals surface area contributed by atoms with E-state index in [-0.39, 0.29) is 36.9 Å². The van der Waals surface area contributed by atoms with Gasteiger partial charge >= 0.3 is 0 Å². The first-order chi connectivity index (χ1) is 28.7. The maximum absolute atomic E-state index is 9.87. The molecular weight excluding hydrogens is 929 g/mol. The van der Waals surface area contributed by atoms with Gasteiger partial charge in [0, 0.05) is 61.5 Å². The van der Waals surface area contributed by atoms with Crippen molar-refractivity contribution in [3.8, 4) is 27.4 Å². The molecule has 1 aliphatic carbocycles. The molecule has 2 aromatic heterocycles. The van der Waals surface area contributed by atoms with E-state index in [9.17, 15) is 5.11 Å². The zero-order valence-corrected chi connectivity index (χ0v) is 39.7. The average Bonchev–Trinajstić information content (AvgIpc) is 3.87. The fraction of sp³-hybridized carbons (Fsp3) is 0.345. The number of fused-ring (bicyclic) bond motifs is 3. The molecule has 0 amide bonds. The quantitative estimate of drug-likeness (QED) is 0.0492. The Morgan fingerprint density at radius 3 is 2.05 bits per heavy atom. The predicted octanol–water partition coefficient (Wildman–Crippen LogP) is 17.0. The smallest absolute Gasteiger partial charge is 0.127 e. The summed E-state index contributed by atoms with van der Waals surface area (Å²) in [4.78, 5) is 9.67. The van der Waals surface area contributed by atoms with E-state index in [2.05, 4.69) is 127 Å². The van der Waals surface area contributed by atoms with Crippen molar-refractivity contribution in [2.45, 2.75) is 118 Å². The topological polar surface area (TPSA) is 45.5 Å². The third-order valence-electron chi connectivity index (χ3n) is 10.4. The Bertz CT molecular complexity index is 2340. The van der Waals surface area contributed by atoms with Crippen molar-refractivity contribution in [1.29, 1.82) is 0 Å². The van der Waals surface area contributed by atoms with Gasteiger partial charge in [0.1, 0.15) is 5.75 Å². The summed E-state index contributed by atoms with van der Waals surface area (Å²) in [7, 11) is 0. The molecule has 5 heteroatoms. The number of phenols is 1. The van der Waals surface area contributed by atoms with Gasteiger partial charge in [-0.2, -0.15) is 12.1 Å². The third-order valence-corrected chi connectivity index (χ3v) is 11.2. The van der Waals surface area contributed by atoms with Crippen LogP contribution < -0.4 is 0 Å². The Labute approximate surface area is 390 Å². The molecule has 6 rings (SSSR count). The van der Waals surface area contributed by atoms with Crippen LogP contribution in [0.2, 0.25) is 0 Å². The van der Waals surface area contributed by atoms with Crippen LogP contribution in [-0.4, -0.2) is 22.8 Å². The van der Waals surface area contributed by atoms with Gasteiger partial charge in [-0.15, -0.1) is 5.38 Å². The number of hydrogen-bond acceptors (Lipinski definition) is 4. The van der Waals surface area contributed by atoms with E-state index in [0.29, 0.717) is 5.75 Å². The molecule has 0 saturated carbocycles. The number of aliphatic imine (C=N–C) groups is 1. The fourth-order valence-electron chi connectivity index (χ4n) is 7.41. The number of hydrogen-bond donors (Lipinski definition) is 1. The fourth-order valence-corrected chi connectivity index (χ4v) is 8.06. The van der Waals surface area contributed by atoms with Crippen LogP contribution in [0.1, 0.15) is 135 Å². The van der Waals surface area contributed by atoms with Gasteiger partial charge in [0.15, 0.2) is 0 Å². The number of aryl methyl sites for hydroxylation is 4. The maximum atomic E-state index is 9.87. The largest absolute Gasteiger partial charge is 0.507 e. The number of benzene rings is 3. The van der Waals surface area contributed by atoms with Gasteiger partial charge in [0.25, 0.3) is 0 Å². The van der Waals surface area contributed by atoms with Crippen molar-refractivity contribution in [3.05, 3.63) is 176 Å². The van der Waals surface area contributed by atoms with Crippen LogP contribution in [0.4, 0.5) is 0 Å². The molecule has 0 aliphatic heterocycles. The minimum atomic E-state index is -0.180. The van der Waals surface area contributed by atoms with Gasteiger partial charge in [-0.3, -0.25) is 4.99 Å². The Kier molecular flexibility index (Phi) is 22.2. The molecule has 1 aliphatic rings. The molecule has 1 radical (unpaired) electrons. The third kappa shape index (κ3) is 14.9. The molecule has 0 unspecified atom stereocenters.